The Kier molecular flexibility index (Phi) is 8.70. The van der Waals surface area contributed by atoms with Crippen molar-refractivity contribution in [3.63, 3.8) is 0 Å². The SMILES string of the molecule is CCc1c(C(=O)O)cnn1-c1cccc(-c2sc(C)cc2COc2ccc(C3CCN(CC(F)(F)F)CC3)cc2C)n1. The van der Waals surface area contributed by atoms with Crippen molar-refractivity contribution in [3.05, 3.63) is 81.5 Å². The van der Waals surface area contributed by atoms with Gasteiger partial charge in [0.1, 0.15) is 17.9 Å². The predicted octanol–water partition coefficient (Wildman–Crippen LogP) is 7.19. The van der Waals surface area contributed by atoms with Gasteiger partial charge < -0.3 is 9.84 Å². The van der Waals surface area contributed by atoms with Crippen LogP contribution in [0.25, 0.3) is 16.4 Å². The maximum absolute atomic E-state index is 12.7. The van der Waals surface area contributed by atoms with E-state index in [4.69, 9.17) is 9.72 Å². The Labute approximate surface area is 246 Å². The number of hydrogen-bond donors (Lipinski definition) is 1. The Morgan fingerprint density at radius 3 is 2.57 bits per heavy atom. The zero-order valence-corrected chi connectivity index (χ0v) is 24.6. The summed E-state index contributed by atoms with van der Waals surface area (Å²) in [5.41, 5.74) is 4.62. The lowest BCUT2D eigenvalue weighted by Gasteiger charge is -2.32. The molecule has 1 aliphatic rings. The fourth-order valence-electron chi connectivity index (χ4n) is 5.57. The van der Waals surface area contributed by atoms with Gasteiger partial charge in [-0.05, 0) is 87.5 Å². The summed E-state index contributed by atoms with van der Waals surface area (Å²) in [6, 6.07) is 13.8. The molecule has 1 saturated heterocycles. The molecule has 0 atom stereocenters. The fourth-order valence-corrected chi connectivity index (χ4v) is 6.56. The molecule has 0 saturated carbocycles. The molecular weight excluding hydrogens is 565 g/mol. The average molecular weight is 599 g/mol. The standard InChI is InChI=1S/C31H33F3N4O3S/c1-4-26-24(30(39)40)16-35-38(26)28-7-5-6-25(36-28)29-23(15-20(3)42-29)17-41-27-9-8-22(14-19(27)2)21-10-12-37(13-11-21)18-31(32,33)34/h5-9,14-16,21H,4,10-13,17-18H2,1-3H3,(H,39,40). The number of pyridine rings is 1. The Balaban J connectivity index is 1.29. The third-order valence-electron chi connectivity index (χ3n) is 7.59. The molecule has 222 valence electrons. The van der Waals surface area contributed by atoms with Crippen LogP contribution in [0.2, 0.25) is 0 Å². The number of aromatic nitrogens is 3. The lowest BCUT2D eigenvalue weighted by atomic mass is 9.88. The molecule has 11 heteroatoms. The Morgan fingerprint density at radius 1 is 1.14 bits per heavy atom. The van der Waals surface area contributed by atoms with Gasteiger partial charge in [-0.25, -0.2) is 14.5 Å². The number of rotatable bonds is 9. The highest BCUT2D eigenvalue weighted by Gasteiger charge is 2.32. The molecule has 3 aromatic heterocycles. The van der Waals surface area contributed by atoms with E-state index in [-0.39, 0.29) is 11.5 Å². The molecule has 0 unspecified atom stereocenters. The molecule has 0 spiro atoms. The van der Waals surface area contributed by atoms with Crippen LogP contribution in [0.1, 0.15) is 63.3 Å². The molecule has 0 aliphatic carbocycles. The van der Waals surface area contributed by atoms with Crippen LogP contribution >= 0.6 is 11.3 Å². The second kappa shape index (κ2) is 12.3. The first-order valence-electron chi connectivity index (χ1n) is 13.9. The second-order valence-corrected chi connectivity index (χ2v) is 11.9. The molecule has 0 amide bonds. The number of carbonyl (C=O) groups is 1. The van der Waals surface area contributed by atoms with E-state index in [1.54, 1.807) is 16.0 Å². The summed E-state index contributed by atoms with van der Waals surface area (Å²) in [6.07, 6.45) is -0.897. The number of aromatic carboxylic acids is 1. The zero-order valence-electron chi connectivity index (χ0n) is 23.7. The first kappa shape index (κ1) is 29.8. The number of hydrogen-bond acceptors (Lipinski definition) is 6. The predicted molar refractivity (Wildman–Crippen MR) is 156 cm³/mol. The second-order valence-electron chi connectivity index (χ2n) is 10.6. The van der Waals surface area contributed by atoms with Gasteiger partial charge in [-0.3, -0.25) is 4.90 Å². The Morgan fingerprint density at radius 2 is 1.90 bits per heavy atom. The van der Waals surface area contributed by atoms with Crippen LogP contribution in [0.4, 0.5) is 13.2 Å². The summed E-state index contributed by atoms with van der Waals surface area (Å²) in [7, 11) is 0. The van der Waals surface area contributed by atoms with Crippen molar-refractivity contribution < 1.29 is 27.8 Å². The van der Waals surface area contributed by atoms with Crippen LogP contribution in [-0.2, 0) is 13.0 Å². The van der Waals surface area contributed by atoms with Crippen molar-refractivity contribution in [2.75, 3.05) is 19.6 Å². The highest BCUT2D eigenvalue weighted by Crippen LogP contribution is 2.35. The monoisotopic (exact) mass is 598 g/mol. The molecule has 0 radical (unpaired) electrons. The van der Waals surface area contributed by atoms with Gasteiger partial charge in [-0.15, -0.1) is 11.3 Å². The number of ether oxygens (including phenoxy) is 1. The van der Waals surface area contributed by atoms with Gasteiger partial charge in [0.25, 0.3) is 0 Å². The summed E-state index contributed by atoms with van der Waals surface area (Å²) in [6.45, 7) is 6.29. The van der Waals surface area contributed by atoms with Crippen LogP contribution < -0.4 is 4.74 Å². The van der Waals surface area contributed by atoms with Crippen LogP contribution in [0.15, 0.2) is 48.7 Å². The van der Waals surface area contributed by atoms with Crippen molar-refractivity contribution in [3.8, 4) is 22.1 Å². The Bertz CT molecular complexity index is 1570. The number of alkyl halides is 3. The highest BCUT2D eigenvalue weighted by molar-refractivity contribution is 7.15. The molecule has 4 heterocycles. The highest BCUT2D eigenvalue weighted by atomic mass is 32.1. The molecule has 1 aromatic carbocycles. The molecule has 1 fully saturated rings. The van der Waals surface area contributed by atoms with E-state index in [2.05, 4.69) is 17.2 Å². The third kappa shape index (κ3) is 6.68. The maximum Gasteiger partial charge on any atom is 0.401 e. The van der Waals surface area contributed by atoms with E-state index >= 15 is 0 Å². The van der Waals surface area contributed by atoms with E-state index < -0.39 is 18.7 Å². The minimum atomic E-state index is -4.16. The van der Waals surface area contributed by atoms with Crippen molar-refractivity contribution in [2.24, 2.45) is 0 Å². The third-order valence-corrected chi connectivity index (χ3v) is 8.71. The van der Waals surface area contributed by atoms with Gasteiger partial charge in [0, 0.05) is 10.4 Å². The fraction of sp³-hybridized carbons (Fsp3) is 0.387. The van der Waals surface area contributed by atoms with E-state index in [1.165, 1.54) is 11.1 Å². The maximum atomic E-state index is 12.7. The number of nitrogens with zero attached hydrogens (tertiary/aromatic N) is 4. The summed E-state index contributed by atoms with van der Waals surface area (Å²) < 4.78 is 46.0. The van der Waals surface area contributed by atoms with E-state index in [0.717, 1.165) is 37.9 Å². The first-order chi connectivity index (χ1) is 20.0. The summed E-state index contributed by atoms with van der Waals surface area (Å²) in [5.74, 6) is 0.527. The Hall–Kier alpha value is -3.70. The minimum absolute atomic E-state index is 0.166. The topological polar surface area (TPSA) is 80.5 Å². The van der Waals surface area contributed by atoms with Crippen molar-refractivity contribution >= 4 is 17.3 Å². The van der Waals surface area contributed by atoms with Crippen molar-refractivity contribution in [2.45, 2.75) is 58.7 Å². The summed E-state index contributed by atoms with van der Waals surface area (Å²) in [4.78, 5) is 20.0. The van der Waals surface area contributed by atoms with Crippen LogP contribution in [0.5, 0.6) is 5.75 Å². The smallest absolute Gasteiger partial charge is 0.401 e. The summed E-state index contributed by atoms with van der Waals surface area (Å²) in [5, 5.41) is 13.8. The minimum Gasteiger partial charge on any atom is -0.489 e. The molecule has 1 aliphatic heterocycles. The van der Waals surface area contributed by atoms with Gasteiger partial charge in [0.2, 0.25) is 0 Å². The number of halogens is 3. The molecular formula is C31H33F3N4O3S. The van der Waals surface area contributed by atoms with E-state index in [1.807, 2.05) is 51.1 Å². The number of benzene rings is 1. The van der Waals surface area contributed by atoms with Gasteiger partial charge >= 0.3 is 12.1 Å². The normalized spacial score (nSPS) is 14.8. The molecule has 5 rings (SSSR count). The number of carboxylic acids is 1. The largest absolute Gasteiger partial charge is 0.489 e. The van der Waals surface area contributed by atoms with Gasteiger partial charge in [-0.1, -0.05) is 25.1 Å². The molecule has 42 heavy (non-hydrogen) atoms. The van der Waals surface area contributed by atoms with Gasteiger partial charge in [0.15, 0.2) is 5.82 Å². The van der Waals surface area contributed by atoms with Gasteiger partial charge in [-0.2, -0.15) is 18.3 Å². The van der Waals surface area contributed by atoms with Crippen LogP contribution in [0.3, 0.4) is 0 Å². The number of thiophene rings is 1. The lowest BCUT2D eigenvalue weighted by Crippen LogP contribution is -2.39. The molecule has 0 bridgehead atoms. The quantitative estimate of drug-likeness (QED) is 0.220. The number of aryl methyl sites for hydroxylation is 2. The first-order valence-corrected chi connectivity index (χ1v) is 14.7. The van der Waals surface area contributed by atoms with Crippen molar-refractivity contribution in [1.82, 2.24) is 19.7 Å². The van der Waals surface area contributed by atoms with Gasteiger partial charge in [0.05, 0.1) is 29.0 Å². The van der Waals surface area contributed by atoms with Crippen LogP contribution in [-0.4, -0.2) is 56.6 Å². The molecule has 7 nitrogen and oxygen atoms in total. The van der Waals surface area contributed by atoms with Crippen LogP contribution in [0, 0.1) is 13.8 Å². The lowest BCUT2D eigenvalue weighted by molar-refractivity contribution is -0.147. The number of carboxylic acid groups (broad SMARTS) is 1. The van der Waals surface area contributed by atoms with E-state index in [0.29, 0.717) is 50.5 Å². The molecule has 1 N–H and O–H groups in total. The number of piperidine rings is 1. The van der Waals surface area contributed by atoms with Crippen molar-refractivity contribution in [1.29, 1.82) is 0 Å². The average Bonchev–Trinajstić information content (AvgIpc) is 3.55. The van der Waals surface area contributed by atoms with E-state index in [9.17, 15) is 23.1 Å². The summed E-state index contributed by atoms with van der Waals surface area (Å²) >= 11 is 1.61. The molecule has 4 aromatic rings. The number of likely N-dealkylation sites (tertiary alicyclic amines) is 1. The zero-order chi connectivity index (χ0) is 30.0.